The first-order valence-electron chi connectivity index (χ1n) is 36.7. The Bertz CT molecular complexity index is 1780. The zero-order chi connectivity index (χ0) is 66.8. The van der Waals surface area contributed by atoms with Crippen molar-refractivity contribution in [1.29, 1.82) is 0 Å². The van der Waals surface area contributed by atoms with Crippen molar-refractivity contribution < 1.29 is 80.2 Å². The van der Waals surface area contributed by atoms with Crippen LogP contribution < -0.4 is 0 Å². The van der Waals surface area contributed by atoms with Crippen LogP contribution in [0.1, 0.15) is 351 Å². The number of hydrogen-bond donors (Lipinski definition) is 3. The summed E-state index contributed by atoms with van der Waals surface area (Å²) in [7, 11) is -9.90. The number of carbonyl (C=O) groups excluding carboxylic acids is 4. The van der Waals surface area contributed by atoms with Gasteiger partial charge < -0.3 is 33.8 Å². The standard InChI is InChI=1S/C71H138O17P2/c1-61(2)47-39-31-23-18-14-12-10-9-11-13-15-21-27-37-45-53-70(75)87-66(57-82-69(74)52-44-36-28-22-25-33-41-49-63(5)6)59-85-89(77,78)83-55-65(72)56-84-90(79,80)86-60-67(88-71(76)54-46-38-30-29-34-42-50-64(7)8)58-81-68(73)51-43-35-26-20-17-16-19-24-32-40-48-62(3)4/h61-67,72H,9-60H2,1-8H3,(H,77,78)(H,79,80)/t65?,66-,67-/m1/s1. The van der Waals surface area contributed by atoms with E-state index in [1.165, 1.54) is 148 Å². The fourth-order valence-electron chi connectivity index (χ4n) is 10.7. The monoisotopic (exact) mass is 1320 g/mol. The molecule has 3 unspecified atom stereocenters. The second-order valence-corrected chi connectivity index (χ2v) is 30.4. The molecule has 0 aliphatic carbocycles. The number of esters is 4. The molecule has 0 aromatic carbocycles. The van der Waals surface area contributed by atoms with Crippen molar-refractivity contribution in [2.24, 2.45) is 23.7 Å². The minimum atomic E-state index is -4.95. The van der Waals surface area contributed by atoms with Gasteiger partial charge in [0.15, 0.2) is 12.2 Å². The van der Waals surface area contributed by atoms with Crippen molar-refractivity contribution in [3.8, 4) is 0 Å². The van der Waals surface area contributed by atoms with Crippen molar-refractivity contribution in [3.05, 3.63) is 0 Å². The highest BCUT2D eigenvalue weighted by molar-refractivity contribution is 7.47. The van der Waals surface area contributed by atoms with Crippen LogP contribution in [0.25, 0.3) is 0 Å². The first-order chi connectivity index (χ1) is 43.1. The minimum absolute atomic E-state index is 0.101. The number of rotatable bonds is 68. The van der Waals surface area contributed by atoms with Gasteiger partial charge in [0.2, 0.25) is 0 Å². The number of ether oxygens (including phenoxy) is 4. The highest BCUT2D eigenvalue weighted by Gasteiger charge is 2.30. The van der Waals surface area contributed by atoms with Gasteiger partial charge in [-0.25, -0.2) is 9.13 Å². The molecule has 17 nitrogen and oxygen atoms in total. The van der Waals surface area contributed by atoms with E-state index in [0.29, 0.717) is 37.5 Å². The predicted molar refractivity (Wildman–Crippen MR) is 363 cm³/mol. The van der Waals surface area contributed by atoms with E-state index in [-0.39, 0.29) is 25.7 Å². The van der Waals surface area contributed by atoms with Crippen LogP contribution in [0.4, 0.5) is 0 Å². The van der Waals surface area contributed by atoms with E-state index in [1.807, 2.05) is 0 Å². The number of phosphoric ester groups is 2. The average Bonchev–Trinajstić information content (AvgIpc) is 3.42. The molecule has 0 bridgehead atoms. The van der Waals surface area contributed by atoms with E-state index in [9.17, 15) is 43.2 Å². The summed E-state index contributed by atoms with van der Waals surface area (Å²) in [6, 6.07) is 0. The summed E-state index contributed by atoms with van der Waals surface area (Å²) in [4.78, 5) is 72.5. The fourth-order valence-corrected chi connectivity index (χ4v) is 12.2. The Morgan fingerprint density at radius 3 is 0.689 bits per heavy atom. The Labute approximate surface area is 549 Å². The van der Waals surface area contributed by atoms with Gasteiger partial charge in [-0.1, -0.05) is 299 Å². The van der Waals surface area contributed by atoms with Crippen LogP contribution in [0.3, 0.4) is 0 Å². The van der Waals surface area contributed by atoms with Crippen LogP contribution in [-0.4, -0.2) is 96.7 Å². The summed E-state index contributed by atoms with van der Waals surface area (Å²) in [5.41, 5.74) is 0. The topological polar surface area (TPSA) is 237 Å². The maximum Gasteiger partial charge on any atom is 0.472 e. The predicted octanol–water partition coefficient (Wildman–Crippen LogP) is 20.1. The van der Waals surface area contributed by atoms with Gasteiger partial charge in [-0.2, -0.15) is 0 Å². The van der Waals surface area contributed by atoms with E-state index in [0.717, 1.165) is 108 Å². The summed E-state index contributed by atoms with van der Waals surface area (Å²) >= 11 is 0. The van der Waals surface area contributed by atoms with Crippen molar-refractivity contribution in [3.63, 3.8) is 0 Å². The Kier molecular flexibility index (Phi) is 59.4. The molecule has 0 radical (unpaired) electrons. The third-order valence-corrected chi connectivity index (χ3v) is 18.2. The van der Waals surface area contributed by atoms with Gasteiger partial charge in [0.05, 0.1) is 26.4 Å². The SMILES string of the molecule is CC(C)CCCCCCCCCCCCCCCCCC(=O)O[C@H](COC(=O)CCCCCCCCCC(C)C)COP(=O)(O)OCC(O)COP(=O)(O)OC[C@@H](COC(=O)CCCCCCCCCCCCC(C)C)OC(=O)CCCCCCCCC(C)C. The molecule has 0 rings (SSSR count). The molecule has 0 saturated heterocycles. The lowest BCUT2D eigenvalue weighted by Crippen LogP contribution is -2.30. The zero-order valence-corrected chi connectivity index (χ0v) is 60.6. The Balaban J connectivity index is 5.19. The number of aliphatic hydroxyl groups excluding tert-OH is 1. The Hall–Kier alpha value is -1.94. The van der Waals surface area contributed by atoms with Gasteiger partial charge >= 0.3 is 39.5 Å². The molecule has 0 amide bonds. The lowest BCUT2D eigenvalue weighted by Gasteiger charge is -2.21. The van der Waals surface area contributed by atoms with E-state index in [2.05, 4.69) is 55.4 Å². The van der Waals surface area contributed by atoms with Gasteiger partial charge in [-0.3, -0.25) is 37.3 Å². The molecular formula is C71H138O17P2. The zero-order valence-electron chi connectivity index (χ0n) is 58.8. The lowest BCUT2D eigenvalue weighted by atomic mass is 10.0. The van der Waals surface area contributed by atoms with Gasteiger partial charge in [0.25, 0.3) is 0 Å². The molecule has 3 N–H and O–H groups in total. The van der Waals surface area contributed by atoms with E-state index in [4.69, 9.17) is 37.0 Å². The third kappa shape index (κ3) is 64.8. The number of phosphoric acid groups is 2. The summed E-state index contributed by atoms with van der Waals surface area (Å²) < 4.78 is 68.2. The van der Waals surface area contributed by atoms with Gasteiger partial charge in [-0.15, -0.1) is 0 Å². The first-order valence-corrected chi connectivity index (χ1v) is 39.7. The number of carbonyl (C=O) groups is 4. The molecule has 0 aromatic heterocycles. The molecule has 90 heavy (non-hydrogen) atoms. The van der Waals surface area contributed by atoms with Crippen molar-refractivity contribution in [1.82, 2.24) is 0 Å². The molecule has 19 heteroatoms. The summed E-state index contributed by atoms with van der Waals surface area (Å²) in [6.45, 7) is 14.0. The van der Waals surface area contributed by atoms with Crippen LogP contribution in [0.15, 0.2) is 0 Å². The maximum atomic E-state index is 13.0. The first kappa shape index (κ1) is 88.1. The second-order valence-electron chi connectivity index (χ2n) is 27.5. The molecule has 0 aliphatic heterocycles. The van der Waals surface area contributed by atoms with Crippen LogP contribution in [0, 0.1) is 23.7 Å². The lowest BCUT2D eigenvalue weighted by molar-refractivity contribution is -0.161. The van der Waals surface area contributed by atoms with Gasteiger partial charge in [0.1, 0.15) is 19.3 Å². The van der Waals surface area contributed by atoms with Gasteiger partial charge in [0, 0.05) is 25.7 Å². The van der Waals surface area contributed by atoms with Crippen LogP contribution >= 0.6 is 15.6 Å². The molecule has 0 aliphatic rings. The quantitative estimate of drug-likeness (QED) is 0.0222. The smallest absolute Gasteiger partial charge is 0.462 e. The van der Waals surface area contributed by atoms with E-state index < -0.39 is 97.5 Å². The number of hydrogen-bond acceptors (Lipinski definition) is 15. The average molecular weight is 1330 g/mol. The normalized spacial score (nSPS) is 14.3. The molecule has 0 aromatic rings. The summed E-state index contributed by atoms with van der Waals surface area (Å²) in [6.07, 6.45) is 43.4. The molecule has 0 spiro atoms. The Morgan fingerprint density at radius 2 is 0.467 bits per heavy atom. The van der Waals surface area contributed by atoms with Crippen LogP contribution in [0.5, 0.6) is 0 Å². The highest BCUT2D eigenvalue weighted by atomic mass is 31.2. The molecule has 5 atom stereocenters. The largest absolute Gasteiger partial charge is 0.472 e. The molecule has 534 valence electrons. The minimum Gasteiger partial charge on any atom is -0.462 e. The van der Waals surface area contributed by atoms with E-state index >= 15 is 0 Å². The van der Waals surface area contributed by atoms with Crippen LogP contribution in [-0.2, 0) is 65.4 Å². The van der Waals surface area contributed by atoms with Gasteiger partial charge in [-0.05, 0) is 49.4 Å². The van der Waals surface area contributed by atoms with Crippen molar-refractivity contribution in [2.75, 3.05) is 39.6 Å². The number of aliphatic hydroxyl groups is 1. The summed E-state index contributed by atoms with van der Waals surface area (Å²) in [5, 5.41) is 10.6. The van der Waals surface area contributed by atoms with E-state index in [1.54, 1.807) is 0 Å². The second kappa shape index (κ2) is 60.7. The molecular weight excluding hydrogens is 1190 g/mol. The molecule has 0 saturated carbocycles. The van der Waals surface area contributed by atoms with Crippen LogP contribution in [0.2, 0.25) is 0 Å². The molecule has 0 heterocycles. The van der Waals surface area contributed by atoms with Crippen molar-refractivity contribution in [2.45, 2.75) is 369 Å². The molecule has 0 fully saturated rings. The van der Waals surface area contributed by atoms with Crippen molar-refractivity contribution >= 4 is 39.5 Å². The Morgan fingerprint density at radius 1 is 0.278 bits per heavy atom. The number of unbranched alkanes of at least 4 members (excludes halogenated alkanes) is 34. The fraction of sp³-hybridized carbons (Fsp3) is 0.944. The third-order valence-electron chi connectivity index (χ3n) is 16.3. The highest BCUT2D eigenvalue weighted by Crippen LogP contribution is 2.45. The maximum absolute atomic E-state index is 13.0. The summed E-state index contributed by atoms with van der Waals surface area (Å²) in [5.74, 6) is 0.803.